The highest BCUT2D eigenvalue weighted by molar-refractivity contribution is 5.94. The first-order chi connectivity index (χ1) is 15.6. The van der Waals surface area contributed by atoms with Gasteiger partial charge in [0.25, 0.3) is 5.91 Å². The molecule has 1 aromatic heterocycles. The maximum absolute atomic E-state index is 13.3. The van der Waals surface area contributed by atoms with Crippen LogP contribution in [0.1, 0.15) is 45.8 Å². The summed E-state index contributed by atoms with van der Waals surface area (Å²) in [6, 6.07) is 23.1. The minimum absolute atomic E-state index is 0.130. The molecular weight excluding hydrogens is 399 g/mol. The van der Waals surface area contributed by atoms with E-state index in [0.29, 0.717) is 12.5 Å². The number of halogens is 1. The van der Waals surface area contributed by atoms with Crippen molar-refractivity contribution in [2.75, 3.05) is 13.1 Å². The first-order valence-corrected chi connectivity index (χ1v) is 11.3. The van der Waals surface area contributed by atoms with Gasteiger partial charge in [-0.3, -0.25) is 4.79 Å². The fourth-order valence-corrected chi connectivity index (χ4v) is 4.87. The van der Waals surface area contributed by atoms with Crippen LogP contribution in [0, 0.1) is 12.7 Å². The molecule has 0 saturated carbocycles. The summed E-state index contributed by atoms with van der Waals surface area (Å²) in [6.45, 7) is 4.28. The van der Waals surface area contributed by atoms with Gasteiger partial charge in [0.2, 0.25) is 0 Å². The highest BCUT2D eigenvalue weighted by Gasteiger charge is 2.26. The fourth-order valence-electron chi connectivity index (χ4n) is 4.87. The van der Waals surface area contributed by atoms with E-state index in [-0.39, 0.29) is 11.7 Å². The Balaban J connectivity index is 1.35. The molecule has 1 aliphatic rings. The second-order valence-electron chi connectivity index (χ2n) is 8.79. The number of hydrogen-bond donors (Lipinski definition) is 0. The molecule has 0 aliphatic carbocycles. The Kier molecular flexibility index (Phi) is 5.52. The van der Waals surface area contributed by atoms with Crippen molar-refractivity contribution in [1.29, 1.82) is 0 Å². The molecule has 0 N–H and O–H groups in total. The Hall–Kier alpha value is -3.40. The van der Waals surface area contributed by atoms with Gasteiger partial charge in [0.05, 0.1) is 0 Å². The number of hydrogen-bond acceptors (Lipinski definition) is 1. The molecule has 0 bridgehead atoms. The number of aromatic nitrogens is 1. The van der Waals surface area contributed by atoms with Crippen molar-refractivity contribution in [3.05, 3.63) is 107 Å². The Morgan fingerprint density at radius 2 is 1.72 bits per heavy atom. The topological polar surface area (TPSA) is 25.2 Å². The number of aryl methyl sites for hydroxylation is 1. The lowest BCUT2D eigenvalue weighted by Crippen LogP contribution is -2.37. The van der Waals surface area contributed by atoms with Gasteiger partial charge in [0, 0.05) is 42.3 Å². The number of likely N-dealkylation sites (tertiary alicyclic amines) is 1. The first-order valence-electron chi connectivity index (χ1n) is 11.3. The average Bonchev–Trinajstić information content (AvgIpc) is 3.19. The minimum Gasteiger partial charge on any atom is -0.343 e. The van der Waals surface area contributed by atoms with Crippen LogP contribution in [0.15, 0.2) is 79.0 Å². The van der Waals surface area contributed by atoms with Crippen LogP contribution in [0.5, 0.6) is 0 Å². The molecule has 4 heteroatoms. The van der Waals surface area contributed by atoms with Crippen LogP contribution in [-0.4, -0.2) is 28.5 Å². The molecule has 2 heterocycles. The van der Waals surface area contributed by atoms with Crippen molar-refractivity contribution >= 4 is 16.8 Å². The third kappa shape index (κ3) is 4.05. The maximum Gasteiger partial charge on any atom is 0.253 e. The fraction of sp³-hybridized carbons (Fsp3) is 0.250. The quantitative estimate of drug-likeness (QED) is 0.384. The molecule has 162 valence electrons. The predicted octanol–water partition coefficient (Wildman–Crippen LogP) is 6.16. The molecule has 1 aliphatic heterocycles. The molecular formula is C28H27FN2O. The zero-order chi connectivity index (χ0) is 22.1. The average molecular weight is 427 g/mol. The Morgan fingerprint density at radius 3 is 2.47 bits per heavy atom. The van der Waals surface area contributed by atoms with Gasteiger partial charge in [-0.1, -0.05) is 48.0 Å². The summed E-state index contributed by atoms with van der Waals surface area (Å²) >= 11 is 0. The molecule has 3 nitrogen and oxygen atoms in total. The summed E-state index contributed by atoms with van der Waals surface area (Å²) in [4.78, 5) is 14.9. The molecule has 0 unspecified atom stereocenters. The van der Waals surface area contributed by atoms with E-state index in [0.717, 1.165) is 42.6 Å². The van der Waals surface area contributed by atoms with Gasteiger partial charge in [-0.2, -0.15) is 0 Å². The van der Waals surface area contributed by atoms with E-state index in [4.69, 9.17) is 0 Å². The summed E-state index contributed by atoms with van der Waals surface area (Å²) in [5.41, 5.74) is 5.52. The monoisotopic (exact) mass is 426 g/mol. The van der Waals surface area contributed by atoms with E-state index in [1.165, 1.54) is 28.6 Å². The van der Waals surface area contributed by atoms with Crippen molar-refractivity contribution in [2.45, 2.75) is 32.2 Å². The van der Waals surface area contributed by atoms with Gasteiger partial charge >= 0.3 is 0 Å². The van der Waals surface area contributed by atoms with E-state index in [9.17, 15) is 9.18 Å². The normalized spacial score (nSPS) is 14.8. The lowest BCUT2D eigenvalue weighted by Gasteiger charge is -2.32. The van der Waals surface area contributed by atoms with E-state index in [2.05, 4.69) is 35.0 Å². The van der Waals surface area contributed by atoms with Gasteiger partial charge in [-0.25, -0.2) is 4.39 Å². The summed E-state index contributed by atoms with van der Waals surface area (Å²) in [6.07, 6.45) is 4.18. The number of carbonyl (C=O) groups is 1. The highest BCUT2D eigenvalue weighted by atomic mass is 19.1. The molecule has 1 amide bonds. The zero-order valence-electron chi connectivity index (χ0n) is 18.3. The summed E-state index contributed by atoms with van der Waals surface area (Å²) in [5.74, 6) is 0.348. The van der Waals surface area contributed by atoms with Crippen LogP contribution in [0.2, 0.25) is 0 Å². The number of fused-ring (bicyclic) bond motifs is 1. The highest BCUT2D eigenvalue weighted by Crippen LogP contribution is 2.35. The molecule has 3 aromatic carbocycles. The van der Waals surface area contributed by atoms with Crippen LogP contribution in [0.4, 0.5) is 4.39 Å². The van der Waals surface area contributed by atoms with Crippen molar-refractivity contribution in [3.63, 3.8) is 0 Å². The van der Waals surface area contributed by atoms with Crippen molar-refractivity contribution in [2.24, 2.45) is 0 Å². The molecule has 1 saturated heterocycles. The van der Waals surface area contributed by atoms with Gasteiger partial charge in [-0.05, 0) is 67.1 Å². The third-order valence-corrected chi connectivity index (χ3v) is 6.57. The molecule has 5 rings (SSSR count). The second-order valence-corrected chi connectivity index (χ2v) is 8.79. The van der Waals surface area contributed by atoms with Crippen LogP contribution in [0.25, 0.3) is 10.9 Å². The van der Waals surface area contributed by atoms with Gasteiger partial charge in [0.15, 0.2) is 0 Å². The summed E-state index contributed by atoms with van der Waals surface area (Å²) < 4.78 is 15.6. The number of amides is 1. The molecule has 0 radical (unpaired) electrons. The lowest BCUT2D eigenvalue weighted by atomic mass is 9.89. The predicted molar refractivity (Wildman–Crippen MR) is 126 cm³/mol. The minimum atomic E-state index is -0.209. The molecule has 1 fully saturated rings. The van der Waals surface area contributed by atoms with E-state index in [1.807, 2.05) is 48.2 Å². The Morgan fingerprint density at radius 1 is 0.969 bits per heavy atom. The van der Waals surface area contributed by atoms with Gasteiger partial charge in [0.1, 0.15) is 5.82 Å². The molecule has 32 heavy (non-hydrogen) atoms. The number of rotatable bonds is 4. The first kappa shape index (κ1) is 20.5. The smallest absolute Gasteiger partial charge is 0.253 e. The third-order valence-electron chi connectivity index (χ3n) is 6.57. The SMILES string of the molecule is Cc1cccc(C(=O)N2CCC(c3cn(Cc4ccc(F)cc4)c4ccccc34)CC2)c1. The van der Waals surface area contributed by atoms with Crippen molar-refractivity contribution < 1.29 is 9.18 Å². The van der Waals surface area contributed by atoms with Crippen molar-refractivity contribution in [3.8, 4) is 0 Å². The van der Waals surface area contributed by atoms with E-state index >= 15 is 0 Å². The Bertz CT molecular complexity index is 1250. The zero-order valence-corrected chi connectivity index (χ0v) is 18.3. The van der Waals surface area contributed by atoms with Crippen LogP contribution < -0.4 is 0 Å². The summed E-state index contributed by atoms with van der Waals surface area (Å²) in [5, 5.41) is 1.28. The van der Waals surface area contributed by atoms with E-state index < -0.39 is 0 Å². The van der Waals surface area contributed by atoms with Gasteiger partial charge < -0.3 is 9.47 Å². The molecule has 4 aromatic rings. The number of carbonyl (C=O) groups excluding carboxylic acids is 1. The molecule has 0 atom stereocenters. The van der Waals surface area contributed by atoms with Crippen LogP contribution >= 0.6 is 0 Å². The van der Waals surface area contributed by atoms with Crippen LogP contribution in [0.3, 0.4) is 0 Å². The Labute approximate surface area is 188 Å². The van der Waals surface area contributed by atoms with Crippen molar-refractivity contribution in [1.82, 2.24) is 9.47 Å². The number of para-hydroxylation sites is 1. The number of piperidine rings is 1. The lowest BCUT2D eigenvalue weighted by molar-refractivity contribution is 0.0713. The number of benzene rings is 3. The summed E-state index contributed by atoms with van der Waals surface area (Å²) in [7, 11) is 0. The largest absolute Gasteiger partial charge is 0.343 e. The molecule has 0 spiro atoms. The van der Waals surface area contributed by atoms with E-state index in [1.54, 1.807) is 0 Å². The van der Waals surface area contributed by atoms with Gasteiger partial charge in [-0.15, -0.1) is 0 Å². The second kappa shape index (κ2) is 8.62. The maximum atomic E-state index is 13.3. The standard InChI is InChI=1S/C28H27FN2O/c1-20-5-4-6-23(17-20)28(32)30-15-13-22(14-16-30)26-19-31(27-8-3-2-7-25(26)27)18-21-9-11-24(29)12-10-21/h2-12,17,19,22H,13-16,18H2,1H3. The number of nitrogens with zero attached hydrogens (tertiary/aromatic N) is 2. The van der Waals surface area contributed by atoms with Crippen LogP contribution in [-0.2, 0) is 6.54 Å².